The maximum Gasteiger partial charge on any atom is 0.234 e. The molecule has 1 amide bonds. The molecule has 0 aliphatic rings. The monoisotopic (exact) mass is 438 g/mol. The van der Waals surface area contributed by atoms with Gasteiger partial charge in [-0.1, -0.05) is 41.9 Å². The van der Waals surface area contributed by atoms with E-state index in [4.69, 9.17) is 23.2 Å². The predicted molar refractivity (Wildman–Crippen MR) is 112 cm³/mol. The summed E-state index contributed by atoms with van der Waals surface area (Å²) >= 11 is 13.0. The fraction of sp³-hybridized carbons (Fsp3) is 0.211. The van der Waals surface area contributed by atoms with E-state index in [2.05, 4.69) is 22.4 Å². The standard InChI is InChI=1S/C19H17Cl2FN4OS/c1-2-9-26-18(12-3-5-13(20)6-4-12)24-25-19(26)28-11-17(27)23-14-7-8-16(22)15(21)10-14/h3-8,10H,2,9,11H2,1H3,(H,23,27). The Hall–Kier alpha value is -2.09. The number of rotatable bonds is 7. The number of hydrogen-bond acceptors (Lipinski definition) is 4. The van der Waals surface area contributed by atoms with Crippen LogP contribution in [0.4, 0.5) is 10.1 Å². The van der Waals surface area contributed by atoms with Gasteiger partial charge in [0.1, 0.15) is 5.82 Å². The van der Waals surface area contributed by atoms with Gasteiger partial charge < -0.3 is 9.88 Å². The number of carbonyl (C=O) groups excluding carboxylic acids is 1. The number of anilines is 1. The van der Waals surface area contributed by atoms with Gasteiger partial charge in [0.2, 0.25) is 5.91 Å². The van der Waals surface area contributed by atoms with Crippen LogP contribution < -0.4 is 5.32 Å². The van der Waals surface area contributed by atoms with Crippen molar-refractivity contribution in [3.8, 4) is 11.4 Å². The lowest BCUT2D eigenvalue weighted by molar-refractivity contribution is -0.113. The minimum Gasteiger partial charge on any atom is -0.325 e. The van der Waals surface area contributed by atoms with Crippen LogP contribution in [-0.2, 0) is 11.3 Å². The quantitative estimate of drug-likeness (QED) is 0.492. The van der Waals surface area contributed by atoms with Crippen molar-refractivity contribution in [3.05, 3.63) is 58.3 Å². The average Bonchev–Trinajstić information content (AvgIpc) is 3.07. The summed E-state index contributed by atoms with van der Waals surface area (Å²) in [5.41, 5.74) is 1.34. The number of carbonyl (C=O) groups is 1. The van der Waals surface area contributed by atoms with E-state index in [1.54, 1.807) is 12.1 Å². The summed E-state index contributed by atoms with van der Waals surface area (Å²) in [5.74, 6) is 0.0900. The molecule has 0 bridgehead atoms. The lowest BCUT2D eigenvalue weighted by atomic mass is 10.2. The summed E-state index contributed by atoms with van der Waals surface area (Å²) in [4.78, 5) is 12.2. The molecule has 0 aliphatic carbocycles. The smallest absolute Gasteiger partial charge is 0.234 e. The van der Waals surface area contributed by atoms with Crippen LogP contribution in [0.15, 0.2) is 47.6 Å². The number of benzene rings is 2. The highest BCUT2D eigenvalue weighted by Gasteiger charge is 2.15. The van der Waals surface area contributed by atoms with E-state index in [9.17, 15) is 9.18 Å². The molecular weight excluding hydrogens is 422 g/mol. The van der Waals surface area contributed by atoms with Crippen LogP contribution >= 0.6 is 35.0 Å². The number of thioether (sulfide) groups is 1. The first-order valence-electron chi connectivity index (χ1n) is 8.54. The SMILES string of the molecule is CCCn1c(SCC(=O)Nc2ccc(F)c(Cl)c2)nnc1-c1ccc(Cl)cc1. The molecule has 0 radical (unpaired) electrons. The number of nitrogens with one attached hydrogen (secondary N) is 1. The minimum absolute atomic E-state index is 0.0410. The van der Waals surface area contributed by atoms with E-state index in [1.165, 1.54) is 30.0 Å². The Morgan fingerprint density at radius 2 is 1.93 bits per heavy atom. The zero-order chi connectivity index (χ0) is 20.1. The highest BCUT2D eigenvalue weighted by Crippen LogP contribution is 2.26. The summed E-state index contributed by atoms with van der Waals surface area (Å²) in [6, 6.07) is 11.4. The van der Waals surface area contributed by atoms with E-state index in [1.807, 2.05) is 16.7 Å². The second kappa shape index (κ2) is 9.41. The van der Waals surface area contributed by atoms with Crippen LogP contribution in [0.25, 0.3) is 11.4 Å². The van der Waals surface area contributed by atoms with Crippen LogP contribution in [0, 0.1) is 5.82 Å². The van der Waals surface area contributed by atoms with Crippen LogP contribution in [0.5, 0.6) is 0 Å². The van der Waals surface area contributed by atoms with Gasteiger partial charge in [-0.3, -0.25) is 4.79 Å². The first-order valence-corrected chi connectivity index (χ1v) is 10.3. The average molecular weight is 439 g/mol. The number of halogens is 3. The first kappa shape index (κ1) is 20.6. The summed E-state index contributed by atoms with van der Waals surface area (Å²) in [5, 5.41) is 12.5. The molecule has 3 rings (SSSR count). The molecule has 3 aromatic rings. The summed E-state index contributed by atoms with van der Waals surface area (Å²) < 4.78 is 15.2. The second-order valence-electron chi connectivity index (χ2n) is 5.93. The topological polar surface area (TPSA) is 59.8 Å². The molecule has 1 heterocycles. The maximum atomic E-state index is 13.2. The Bertz CT molecular complexity index is 979. The molecule has 0 saturated heterocycles. The Labute approximate surface area is 176 Å². The van der Waals surface area contributed by atoms with Crippen molar-refractivity contribution in [2.75, 3.05) is 11.1 Å². The van der Waals surface area contributed by atoms with Crippen LogP contribution in [-0.4, -0.2) is 26.4 Å². The van der Waals surface area contributed by atoms with Crippen molar-refractivity contribution in [1.82, 2.24) is 14.8 Å². The van der Waals surface area contributed by atoms with Crippen LogP contribution in [0.3, 0.4) is 0 Å². The predicted octanol–water partition coefficient (Wildman–Crippen LogP) is 5.53. The Balaban J connectivity index is 1.70. The molecule has 0 unspecified atom stereocenters. The second-order valence-corrected chi connectivity index (χ2v) is 7.72. The summed E-state index contributed by atoms with van der Waals surface area (Å²) in [6.45, 7) is 2.79. The van der Waals surface area contributed by atoms with E-state index in [-0.39, 0.29) is 16.7 Å². The van der Waals surface area contributed by atoms with Gasteiger partial charge in [0.05, 0.1) is 10.8 Å². The molecule has 0 atom stereocenters. The molecule has 9 heteroatoms. The zero-order valence-corrected chi connectivity index (χ0v) is 17.3. The van der Waals surface area contributed by atoms with E-state index >= 15 is 0 Å². The Morgan fingerprint density at radius 1 is 1.18 bits per heavy atom. The van der Waals surface area contributed by atoms with Gasteiger partial charge in [-0.15, -0.1) is 10.2 Å². The largest absolute Gasteiger partial charge is 0.325 e. The van der Waals surface area contributed by atoms with Crippen molar-refractivity contribution in [3.63, 3.8) is 0 Å². The molecule has 1 N–H and O–H groups in total. The molecule has 5 nitrogen and oxygen atoms in total. The van der Waals surface area contributed by atoms with Crippen molar-refractivity contribution in [2.45, 2.75) is 25.0 Å². The molecule has 2 aromatic carbocycles. The number of aromatic nitrogens is 3. The van der Waals surface area contributed by atoms with Crippen molar-refractivity contribution in [2.24, 2.45) is 0 Å². The Morgan fingerprint density at radius 3 is 2.61 bits per heavy atom. The first-order chi connectivity index (χ1) is 13.5. The lowest BCUT2D eigenvalue weighted by Gasteiger charge is -2.09. The normalized spacial score (nSPS) is 10.9. The third-order valence-corrected chi connectivity index (χ3v) is 5.31. The van der Waals surface area contributed by atoms with E-state index in [0.717, 1.165) is 24.4 Å². The molecule has 0 spiro atoms. The van der Waals surface area contributed by atoms with Gasteiger partial charge in [-0.2, -0.15) is 0 Å². The summed E-state index contributed by atoms with van der Waals surface area (Å²) in [6.07, 6.45) is 0.895. The third kappa shape index (κ3) is 5.04. The fourth-order valence-electron chi connectivity index (χ4n) is 2.53. The number of nitrogens with zero attached hydrogens (tertiary/aromatic N) is 3. The van der Waals surface area contributed by atoms with Crippen LogP contribution in [0.2, 0.25) is 10.0 Å². The van der Waals surface area contributed by atoms with E-state index < -0.39 is 5.82 Å². The highest BCUT2D eigenvalue weighted by atomic mass is 35.5. The Kier molecular flexibility index (Phi) is 6.93. The van der Waals surface area contributed by atoms with Gasteiger partial charge in [0, 0.05) is 22.8 Å². The molecule has 0 saturated carbocycles. The molecule has 146 valence electrons. The van der Waals surface area contributed by atoms with Crippen molar-refractivity contribution < 1.29 is 9.18 Å². The van der Waals surface area contributed by atoms with E-state index in [0.29, 0.717) is 15.9 Å². The summed E-state index contributed by atoms with van der Waals surface area (Å²) in [7, 11) is 0. The third-order valence-electron chi connectivity index (χ3n) is 3.80. The molecule has 0 aliphatic heterocycles. The molecule has 0 fully saturated rings. The molecule has 1 aromatic heterocycles. The minimum atomic E-state index is -0.531. The maximum absolute atomic E-state index is 13.2. The van der Waals surface area contributed by atoms with Gasteiger partial charge in [-0.05, 0) is 48.9 Å². The van der Waals surface area contributed by atoms with Gasteiger partial charge >= 0.3 is 0 Å². The zero-order valence-electron chi connectivity index (χ0n) is 15.0. The lowest BCUT2D eigenvalue weighted by Crippen LogP contribution is -2.14. The number of hydrogen-bond donors (Lipinski definition) is 1. The highest BCUT2D eigenvalue weighted by molar-refractivity contribution is 7.99. The molecular formula is C19H17Cl2FN4OS. The van der Waals surface area contributed by atoms with Gasteiger partial charge in [-0.25, -0.2) is 4.39 Å². The van der Waals surface area contributed by atoms with Crippen molar-refractivity contribution in [1.29, 1.82) is 0 Å². The van der Waals surface area contributed by atoms with Gasteiger partial charge in [0.25, 0.3) is 0 Å². The fourth-order valence-corrected chi connectivity index (χ4v) is 3.61. The number of amides is 1. The van der Waals surface area contributed by atoms with Gasteiger partial charge in [0.15, 0.2) is 11.0 Å². The molecule has 28 heavy (non-hydrogen) atoms. The van der Waals surface area contributed by atoms with Crippen LogP contribution in [0.1, 0.15) is 13.3 Å². The van der Waals surface area contributed by atoms with Crippen molar-refractivity contribution >= 4 is 46.6 Å².